The van der Waals surface area contributed by atoms with Crippen LogP contribution < -0.4 is 0 Å². The predicted octanol–water partition coefficient (Wildman–Crippen LogP) is 0.726. The largest absolute Gasteiger partial charge is 0.385 e. The minimum atomic E-state index is -1.08. The van der Waals surface area contributed by atoms with E-state index in [4.69, 9.17) is 0 Å². The molecule has 5 nitrogen and oxygen atoms in total. The van der Waals surface area contributed by atoms with Gasteiger partial charge in [-0.05, 0) is 35.2 Å². The van der Waals surface area contributed by atoms with Crippen LogP contribution in [0.1, 0.15) is 23.4 Å². The Morgan fingerprint density at radius 1 is 1.50 bits per heavy atom. The number of fused-ring (bicyclic) bond motifs is 1. The van der Waals surface area contributed by atoms with Crippen molar-refractivity contribution >= 4 is 0 Å². The van der Waals surface area contributed by atoms with Gasteiger partial charge in [0.1, 0.15) is 5.82 Å². The Morgan fingerprint density at radius 3 is 3.06 bits per heavy atom. The summed E-state index contributed by atoms with van der Waals surface area (Å²) < 4.78 is 13.6. The summed E-state index contributed by atoms with van der Waals surface area (Å²) in [5, 5.41) is 22.3. The van der Waals surface area contributed by atoms with E-state index in [9.17, 15) is 9.50 Å². The summed E-state index contributed by atoms with van der Waals surface area (Å²) in [5.74, 6) is 0.215. The van der Waals surface area contributed by atoms with Gasteiger partial charge in [-0.25, -0.2) is 4.39 Å². The van der Waals surface area contributed by atoms with E-state index in [0.29, 0.717) is 29.8 Å². The Morgan fingerprint density at radius 2 is 2.33 bits per heavy atom. The lowest BCUT2D eigenvalue weighted by Crippen LogP contribution is -2.26. The van der Waals surface area contributed by atoms with Gasteiger partial charge in [0.25, 0.3) is 0 Å². The molecule has 18 heavy (non-hydrogen) atoms. The average molecular weight is 248 g/mol. The van der Waals surface area contributed by atoms with Crippen molar-refractivity contribution in [2.45, 2.75) is 24.9 Å². The number of nitrogens with zero attached hydrogens (tertiary/aromatic N) is 4. The Bertz CT molecular complexity index is 598. The third-order valence-electron chi connectivity index (χ3n) is 3.41. The number of aliphatic hydroxyl groups is 1. The van der Waals surface area contributed by atoms with Gasteiger partial charge in [-0.3, -0.25) is 0 Å². The lowest BCUT2D eigenvalue weighted by Gasteiger charge is -2.22. The average Bonchev–Trinajstić information content (AvgIpc) is 2.86. The van der Waals surface area contributed by atoms with Crippen LogP contribution in [-0.4, -0.2) is 25.3 Å². The fraction of sp³-hybridized carbons (Fsp3) is 0.417. The van der Waals surface area contributed by atoms with E-state index in [-0.39, 0.29) is 12.2 Å². The van der Waals surface area contributed by atoms with Crippen molar-refractivity contribution in [1.29, 1.82) is 0 Å². The quantitative estimate of drug-likeness (QED) is 0.850. The Hall–Kier alpha value is -1.82. The molecule has 0 fully saturated rings. The second kappa shape index (κ2) is 3.84. The molecule has 6 heteroatoms. The van der Waals surface area contributed by atoms with E-state index < -0.39 is 5.60 Å². The maximum absolute atomic E-state index is 13.6. The van der Waals surface area contributed by atoms with Gasteiger partial charge < -0.3 is 5.11 Å². The smallest absolute Gasteiger partial charge is 0.178 e. The Labute approximate surface area is 103 Å². The minimum Gasteiger partial charge on any atom is -0.385 e. The van der Waals surface area contributed by atoms with Crippen LogP contribution in [0.5, 0.6) is 0 Å². The van der Waals surface area contributed by atoms with Gasteiger partial charge >= 0.3 is 0 Å². The van der Waals surface area contributed by atoms with Gasteiger partial charge in [0, 0.05) is 6.42 Å². The normalized spacial score (nSPS) is 22.2. The molecule has 2 aromatic rings. The van der Waals surface area contributed by atoms with Crippen LogP contribution in [-0.2, 0) is 25.5 Å². The summed E-state index contributed by atoms with van der Waals surface area (Å²) in [4.78, 5) is 1.35. The molecule has 0 radical (unpaired) electrons. The van der Waals surface area contributed by atoms with E-state index in [2.05, 4.69) is 15.4 Å². The molecule has 3 rings (SSSR count). The van der Waals surface area contributed by atoms with Crippen molar-refractivity contribution < 1.29 is 9.50 Å². The number of tetrazole rings is 1. The third kappa shape index (κ3) is 1.69. The zero-order valence-corrected chi connectivity index (χ0v) is 9.97. The fourth-order valence-corrected chi connectivity index (χ4v) is 2.55. The Kier molecular flexibility index (Phi) is 2.41. The lowest BCUT2D eigenvalue weighted by atomic mass is 9.92. The van der Waals surface area contributed by atoms with Crippen LogP contribution in [0.2, 0.25) is 0 Å². The second-order valence-electron chi connectivity index (χ2n) is 4.67. The van der Waals surface area contributed by atoms with Crippen LogP contribution >= 0.6 is 0 Å². The molecule has 1 unspecified atom stereocenters. The van der Waals surface area contributed by atoms with Crippen molar-refractivity contribution in [3.05, 3.63) is 41.0 Å². The number of aryl methyl sites for hydroxylation is 1. The van der Waals surface area contributed by atoms with Crippen molar-refractivity contribution in [1.82, 2.24) is 20.2 Å². The molecule has 1 N–H and O–H groups in total. The van der Waals surface area contributed by atoms with Gasteiger partial charge in [0.2, 0.25) is 0 Å². The Balaban J connectivity index is 1.96. The predicted molar refractivity (Wildman–Crippen MR) is 61.1 cm³/mol. The first-order valence-corrected chi connectivity index (χ1v) is 5.82. The fourth-order valence-electron chi connectivity index (χ4n) is 2.55. The van der Waals surface area contributed by atoms with Crippen molar-refractivity contribution in [2.75, 3.05) is 0 Å². The van der Waals surface area contributed by atoms with Crippen LogP contribution in [0.3, 0.4) is 0 Å². The molecule has 0 saturated heterocycles. The summed E-state index contributed by atoms with van der Waals surface area (Å²) in [5.41, 5.74) is 0.166. The molecule has 0 saturated carbocycles. The molecule has 0 aliphatic heterocycles. The molecule has 1 atom stereocenters. The zero-order valence-electron chi connectivity index (χ0n) is 9.97. The standard InChI is InChI=1S/C12H13FN4O/c1-17-15-11(14-16-17)7-12(18)6-5-8-9(12)3-2-4-10(8)13/h2-4,18H,5-7H2,1H3. The molecule has 94 valence electrons. The van der Waals surface area contributed by atoms with E-state index in [0.717, 1.165) is 0 Å². The molecule has 1 heterocycles. The first kappa shape index (κ1) is 11.3. The van der Waals surface area contributed by atoms with Gasteiger partial charge in [-0.15, -0.1) is 10.2 Å². The van der Waals surface area contributed by atoms with Crippen LogP contribution in [0.25, 0.3) is 0 Å². The van der Waals surface area contributed by atoms with E-state index in [1.807, 2.05) is 0 Å². The first-order valence-electron chi connectivity index (χ1n) is 5.82. The molecule has 1 aliphatic rings. The summed E-state index contributed by atoms with van der Waals surface area (Å²) >= 11 is 0. The minimum absolute atomic E-state index is 0.254. The highest BCUT2D eigenvalue weighted by atomic mass is 19.1. The number of aromatic nitrogens is 4. The SMILES string of the molecule is Cn1nnc(CC2(O)CCc3c(F)cccc32)n1. The number of halogens is 1. The second-order valence-corrected chi connectivity index (χ2v) is 4.67. The molecule has 0 spiro atoms. The molecular weight excluding hydrogens is 235 g/mol. The summed E-state index contributed by atoms with van der Waals surface area (Å²) in [6.45, 7) is 0. The van der Waals surface area contributed by atoms with Gasteiger partial charge in [-0.2, -0.15) is 4.80 Å². The van der Waals surface area contributed by atoms with Crippen molar-refractivity contribution in [3.63, 3.8) is 0 Å². The topological polar surface area (TPSA) is 63.8 Å². The molecule has 0 amide bonds. The van der Waals surface area contributed by atoms with Gasteiger partial charge in [0.05, 0.1) is 12.6 Å². The molecule has 1 aromatic heterocycles. The van der Waals surface area contributed by atoms with E-state index in [1.54, 1.807) is 19.2 Å². The number of hydrogen-bond donors (Lipinski definition) is 1. The number of rotatable bonds is 2. The van der Waals surface area contributed by atoms with E-state index >= 15 is 0 Å². The summed E-state index contributed by atoms with van der Waals surface area (Å²) in [6.07, 6.45) is 1.29. The molecule has 1 aliphatic carbocycles. The highest BCUT2D eigenvalue weighted by Crippen LogP contribution is 2.39. The summed E-state index contributed by atoms with van der Waals surface area (Å²) in [6, 6.07) is 4.81. The number of hydrogen-bond acceptors (Lipinski definition) is 4. The molecule has 0 bridgehead atoms. The summed E-state index contributed by atoms with van der Waals surface area (Å²) in [7, 11) is 1.67. The van der Waals surface area contributed by atoms with Crippen LogP contribution in [0, 0.1) is 5.82 Å². The van der Waals surface area contributed by atoms with Crippen molar-refractivity contribution in [3.8, 4) is 0 Å². The van der Waals surface area contributed by atoms with Gasteiger partial charge in [-0.1, -0.05) is 12.1 Å². The van der Waals surface area contributed by atoms with Crippen molar-refractivity contribution in [2.24, 2.45) is 7.05 Å². The van der Waals surface area contributed by atoms with E-state index in [1.165, 1.54) is 10.9 Å². The number of benzene rings is 1. The first-order chi connectivity index (χ1) is 8.58. The van der Waals surface area contributed by atoms with Gasteiger partial charge in [0.15, 0.2) is 5.82 Å². The monoisotopic (exact) mass is 248 g/mol. The third-order valence-corrected chi connectivity index (χ3v) is 3.41. The maximum Gasteiger partial charge on any atom is 0.178 e. The zero-order chi connectivity index (χ0) is 12.8. The highest BCUT2D eigenvalue weighted by molar-refractivity contribution is 5.38. The van der Waals surface area contributed by atoms with Crippen LogP contribution in [0.4, 0.5) is 4.39 Å². The lowest BCUT2D eigenvalue weighted by molar-refractivity contribution is 0.0368. The highest BCUT2D eigenvalue weighted by Gasteiger charge is 2.39. The maximum atomic E-state index is 13.6. The van der Waals surface area contributed by atoms with Crippen LogP contribution in [0.15, 0.2) is 18.2 Å². The molecular formula is C12H13FN4O. The molecule has 1 aromatic carbocycles.